The van der Waals surface area contributed by atoms with Crippen LogP contribution in [0.4, 0.5) is 11.5 Å². The number of nitrogens with two attached hydrogens (primary N) is 1. The fourth-order valence-corrected chi connectivity index (χ4v) is 1.69. The Bertz CT molecular complexity index is 587. The van der Waals surface area contributed by atoms with Gasteiger partial charge in [0.25, 0.3) is 5.69 Å². The first-order chi connectivity index (χ1) is 8.09. The molecule has 86 valence electrons. The standard InChI is InChI=1S/C11H8ClN3O2/c12-8-4-2-1-3-7(8)11-9(15(16)17)5-6-10(13)14-11/h1-6H,(H2,13,14). The van der Waals surface area contributed by atoms with Crippen LogP contribution in [-0.2, 0) is 0 Å². The lowest BCUT2D eigenvalue weighted by Crippen LogP contribution is -1.98. The molecule has 0 spiro atoms. The predicted octanol–water partition coefficient (Wildman–Crippen LogP) is 2.89. The molecule has 2 rings (SSSR count). The van der Waals surface area contributed by atoms with Gasteiger partial charge in [0.15, 0.2) is 5.69 Å². The topological polar surface area (TPSA) is 82.0 Å². The average Bonchev–Trinajstić information content (AvgIpc) is 2.29. The van der Waals surface area contributed by atoms with E-state index in [1.54, 1.807) is 24.3 Å². The molecule has 1 aromatic carbocycles. The van der Waals surface area contributed by atoms with Gasteiger partial charge in [-0.1, -0.05) is 29.8 Å². The summed E-state index contributed by atoms with van der Waals surface area (Å²) in [6, 6.07) is 9.49. The van der Waals surface area contributed by atoms with E-state index in [2.05, 4.69) is 4.98 Å². The van der Waals surface area contributed by atoms with Crippen molar-refractivity contribution < 1.29 is 4.92 Å². The Kier molecular flexibility index (Phi) is 2.93. The second kappa shape index (κ2) is 4.39. The number of rotatable bonds is 2. The number of anilines is 1. The van der Waals surface area contributed by atoms with E-state index in [1.807, 2.05) is 0 Å². The van der Waals surface area contributed by atoms with Crippen LogP contribution < -0.4 is 5.73 Å². The number of hydrogen-bond acceptors (Lipinski definition) is 4. The Labute approximate surface area is 102 Å². The highest BCUT2D eigenvalue weighted by atomic mass is 35.5. The van der Waals surface area contributed by atoms with Gasteiger partial charge in [-0.2, -0.15) is 0 Å². The maximum absolute atomic E-state index is 10.9. The second-order valence-electron chi connectivity index (χ2n) is 3.34. The lowest BCUT2D eigenvalue weighted by molar-refractivity contribution is -0.384. The molecule has 0 atom stereocenters. The summed E-state index contributed by atoms with van der Waals surface area (Å²) in [5.41, 5.74) is 6.09. The largest absolute Gasteiger partial charge is 0.384 e. The van der Waals surface area contributed by atoms with E-state index in [0.717, 1.165) is 0 Å². The number of nitro groups is 1. The van der Waals surface area contributed by atoms with Gasteiger partial charge < -0.3 is 5.73 Å². The highest BCUT2D eigenvalue weighted by Crippen LogP contribution is 2.33. The van der Waals surface area contributed by atoms with Gasteiger partial charge in [0.1, 0.15) is 5.82 Å². The third-order valence-corrected chi connectivity index (χ3v) is 2.55. The van der Waals surface area contributed by atoms with Crippen molar-refractivity contribution in [3.8, 4) is 11.3 Å². The number of nitrogens with zero attached hydrogens (tertiary/aromatic N) is 2. The van der Waals surface area contributed by atoms with Gasteiger partial charge in [-0.05, 0) is 12.1 Å². The quantitative estimate of drug-likeness (QED) is 0.655. The summed E-state index contributed by atoms with van der Waals surface area (Å²) in [5.74, 6) is 0.213. The molecule has 1 heterocycles. The molecule has 2 N–H and O–H groups in total. The van der Waals surface area contributed by atoms with Crippen molar-refractivity contribution in [1.29, 1.82) is 0 Å². The number of aromatic nitrogens is 1. The van der Waals surface area contributed by atoms with Gasteiger partial charge in [0.05, 0.1) is 9.95 Å². The normalized spacial score (nSPS) is 10.2. The minimum Gasteiger partial charge on any atom is -0.384 e. The fourth-order valence-electron chi connectivity index (χ4n) is 1.47. The Morgan fingerprint density at radius 1 is 1.24 bits per heavy atom. The van der Waals surface area contributed by atoms with Crippen molar-refractivity contribution in [3.63, 3.8) is 0 Å². The zero-order valence-corrected chi connectivity index (χ0v) is 9.39. The molecule has 0 unspecified atom stereocenters. The third kappa shape index (κ3) is 2.19. The number of hydrogen-bond donors (Lipinski definition) is 1. The van der Waals surface area contributed by atoms with Crippen molar-refractivity contribution in [3.05, 3.63) is 51.5 Å². The zero-order valence-electron chi connectivity index (χ0n) is 8.63. The molecule has 0 fully saturated rings. The lowest BCUT2D eigenvalue weighted by atomic mass is 10.1. The van der Waals surface area contributed by atoms with E-state index in [1.165, 1.54) is 12.1 Å². The molecule has 0 amide bonds. The maximum atomic E-state index is 10.9. The van der Waals surface area contributed by atoms with Crippen molar-refractivity contribution in [2.24, 2.45) is 0 Å². The summed E-state index contributed by atoms with van der Waals surface area (Å²) in [6.07, 6.45) is 0. The van der Waals surface area contributed by atoms with Crippen LogP contribution in [-0.4, -0.2) is 9.91 Å². The first-order valence-electron chi connectivity index (χ1n) is 4.75. The molecular formula is C11H8ClN3O2. The number of nitrogen functional groups attached to an aromatic ring is 1. The highest BCUT2D eigenvalue weighted by molar-refractivity contribution is 6.33. The Morgan fingerprint density at radius 3 is 2.59 bits per heavy atom. The first-order valence-corrected chi connectivity index (χ1v) is 5.13. The summed E-state index contributed by atoms with van der Waals surface area (Å²) in [5, 5.41) is 11.3. The summed E-state index contributed by atoms with van der Waals surface area (Å²) in [4.78, 5) is 14.4. The smallest absolute Gasteiger partial charge is 0.295 e. The number of halogens is 1. The summed E-state index contributed by atoms with van der Waals surface area (Å²) >= 11 is 5.98. The summed E-state index contributed by atoms with van der Waals surface area (Å²) < 4.78 is 0. The van der Waals surface area contributed by atoms with Crippen molar-refractivity contribution in [2.75, 3.05) is 5.73 Å². The summed E-state index contributed by atoms with van der Waals surface area (Å²) in [6.45, 7) is 0. The van der Waals surface area contributed by atoms with E-state index in [4.69, 9.17) is 17.3 Å². The van der Waals surface area contributed by atoms with Crippen LogP contribution in [0, 0.1) is 10.1 Å². The summed E-state index contributed by atoms with van der Waals surface area (Å²) in [7, 11) is 0. The minimum atomic E-state index is -0.509. The van der Waals surface area contributed by atoms with Gasteiger partial charge >= 0.3 is 0 Å². The van der Waals surface area contributed by atoms with E-state index in [9.17, 15) is 10.1 Å². The number of pyridine rings is 1. The highest BCUT2D eigenvalue weighted by Gasteiger charge is 2.18. The minimum absolute atomic E-state index is 0.118. The molecule has 17 heavy (non-hydrogen) atoms. The predicted molar refractivity (Wildman–Crippen MR) is 65.7 cm³/mol. The van der Waals surface area contributed by atoms with Crippen LogP contribution in [0.2, 0.25) is 5.02 Å². The molecule has 0 saturated carbocycles. The molecule has 6 heteroatoms. The average molecular weight is 250 g/mol. The molecule has 0 saturated heterocycles. The van der Waals surface area contributed by atoms with Gasteiger partial charge in [-0.15, -0.1) is 0 Å². The van der Waals surface area contributed by atoms with E-state index < -0.39 is 4.92 Å². The van der Waals surface area contributed by atoms with Crippen LogP contribution in [0.1, 0.15) is 0 Å². The molecule has 2 aromatic rings. The van der Waals surface area contributed by atoms with Crippen molar-refractivity contribution in [2.45, 2.75) is 0 Å². The molecule has 0 aliphatic carbocycles. The van der Waals surface area contributed by atoms with E-state index in [0.29, 0.717) is 10.6 Å². The van der Waals surface area contributed by atoms with Crippen molar-refractivity contribution in [1.82, 2.24) is 4.98 Å². The van der Waals surface area contributed by atoms with Crippen LogP contribution in [0.15, 0.2) is 36.4 Å². The first kappa shape index (κ1) is 11.3. The van der Waals surface area contributed by atoms with Crippen LogP contribution in [0.25, 0.3) is 11.3 Å². The molecule has 1 aromatic heterocycles. The van der Waals surface area contributed by atoms with Gasteiger partial charge in [-0.3, -0.25) is 10.1 Å². The van der Waals surface area contributed by atoms with Gasteiger partial charge in [0, 0.05) is 11.6 Å². The van der Waals surface area contributed by atoms with Gasteiger partial charge in [0.2, 0.25) is 0 Å². The molecule has 0 radical (unpaired) electrons. The molecule has 0 bridgehead atoms. The Balaban J connectivity index is 2.70. The lowest BCUT2D eigenvalue weighted by Gasteiger charge is -2.05. The monoisotopic (exact) mass is 249 g/mol. The number of benzene rings is 1. The SMILES string of the molecule is Nc1ccc([N+](=O)[O-])c(-c2ccccc2Cl)n1. The van der Waals surface area contributed by atoms with Crippen molar-refractivity contribution >= 4 is 23.1 Å². The second-order valence-corrected chi connectivity index (χ2v) is 3.75. The fraction of sp³-hybridized carbons (Fsp3) is 0. The maximum Gasteiger partial charge on any atom is 0.295 e. The Morgan fingerprint density at radius 2 is 1.94 bits per heavy atom. The van der Waals surface area contributed by atoms with Crippen LogP contribution in [0.5, 0.6) is 0 Å². The third-order valence-electron chi connectivity index (χ3n) is 2.22. The zero-order chi connectivity index (χ0) is 12.4. The van der Waals surface area contributed by atoms with Crippen LogP contribution >= 0.6 is 11.6 Å². The van der Waals surface area contributed by atoms with Gasteiger partial charge in [-0.25, -0.2) is 4.98 Å². The van der Waals surface area contributed by atoms with E-state index >= 15 is 0 Å². The molecule has 0 aliphatic heterocycles. The molecule has 0 aliphatic rings. The molecular weight excluding hydrogens is 242 g/mol. The Hall–Kier alpha value is -2.14. The van der Waals surface area contributed by atoms with Crippen LogP contribution in [0.3, 0.4) is 0 Å². The molecule has 5 nitrogen and oxygen atoms in total. The van der Waals surface area contributed by atoms with E-state index in [-0.39, 0.29) is 17.2 Å².